The summed E-state index contributed by atoms with van der Waals surface area (Å²) in [5, 5.41) is 9.53. The third kappa shape index (κ3) is 4.21. The Bertz CT molecular complexity index is 1270. The summed E-state index contributed by atoms with van der Waals surface area (Å²) < 4.78 is 6.50. The molecule has 0 atom stereocenters. The summed E-state index contributed by atoms with van der Waals surface area (Å²) in [6, 6.07) is 25.5. The number of nitrogens with zero attached hydrogens (tertiary/aromatic N) is 1. The fraction of sp³-hybridized carbons (Fsp3) is 0.241. The van der Waals surface area contributed by atoms with Crippen LogP contribution in [0.1, 0.15) is 32.3 Å². The normalized spacial score (nSPS) is 11.8. The molecule has 0 aromatic heterocycles. The van der Waals surface area contributed by atoms with Crippen LogP contribution in [-0.4, -0.2) is 13.1 Å². The SMILES string of the molecule is CCCN(CCC)c1ccc2c(c1)Oc1cc(Nc3ccc(C)cc3)c3ccccc3c1N2. The van der Waals surface area contributed by atoms with Crippen molar-refractivity contribution in [3.05, 3.63) is 78.4 Å². The summed E-state index contributed by atoms with van der Waals surface area (Å²) in [4.78, 5) is 2.43. The predicted molar refractivity (Wildman–Crippen MR) is 141 cm³/mol. The molecule has 0 bridgehead atoms. The second kappa shape index (κ2) is 9.07. The Morgan fingerprint density at radius 3 is 2.27 bits per heavy atom. The van der Waals surface area contributed by atoms with Crippen LogP contribution in [0.15, 0.2) is 72.8 Å². The fourth-order valence-electron chi connectivity index (χ4n) is 4.51. The zero-order valence-electron chi connectivity index (χ0n) is 19.6. The van der Waals surface area contributed by atoms with E-state index in [0.29, 0.717) is 0 Å². The van der Waals surface area contributed by atoms with Crippen molar-refractivity contribution in [2.75, 3.05) is 28.6 Å². The Labute approximate surface area is 196 Å². The maximum atomic E-state index is 6.50. The summed E-state index contributed by atoms with van der Waals surface area (Å²) in [5.41, 5.74) is 6.57. The molecule has 33 heavy (non-hydrogen) atoms. The molecule has 4 heteroatoms. The number of nitrogens with one attached hydrogen (secondary N) is 2. The lowest BCUT2D eigenvalue weighted by Gasteiger charge is -2.28. The highest BCUT2D eigenvalue weighted by molar-refractivity contribution is 6.07. The van der Waals surface area contributed by atoms with Gasteiger partial charge in [-0.05, 0) is 44.0 Å². The van der Waals surface area contributed by atoms with E-state index in [-0.39, 0.29) is 0 Å². The minimum Gasteiger partial charge on any atom is -0.453 e. The first kappa shape index (κ1) is 21.2. The maximum Gasteiger partial charge on any atom is 0.153 e. The van der Waals surface area contributed by atoms with Gasteiger partial charge in [-0.25, -0.2) is 0 Å². The quantitative estimate of drug-likeness (QED) is 0.268. The summed E-state index contributed by atoms with van der Waals surface area (Å²) >= 11 is 0. The van der Waals surface area contributed by atoms with E-state index in [1.54, 1.807) is 0 Å². The Balaban J connectivity index is 1.54. The Hall–Kier alpha value is -3.66. The second-order valence-electron chi connectivity index (χ2n) is 8.73. The molecular formula is C29H31N3O. The van der Waals surface area contributed by atoms with Crippen molar-refractivity contribution < 1.29 is 4.74 Å². The average molecular weight is 438 g/mol. The van der Waals surface area contributed by atoms with E-state index in [1.165, 1.54) is 11.3 Å². The first-order chi connectivity index (χ1) is 16.2. The molecule has 1 aliphatic rings. The van der Waals surface area contributed by atoms with Gasteiger partial charge in [0.1, 0.15) is 0 Å². The Morgan fingerprint density at radius 1 is 0.818 bits per heavy atom. The number of anilines is 5. The average Bonchev–Trinajstić information content (AvgIpc) is 2.84. The van der Waals surface area contributed by atoms with Gasteiger partial charge in [-0.2, -0.15) is 0 Å². The van der Waals surface area contributed by atoms with Gasteiger partial charge in [0.15, 0.2) is 11.5 Å². The predicted octanol–water partition coefficient (Wildman–Crippen LogP) is 8.37. The van der Waals surface area contributed by atoms with Gasteiger partial charge in [0.25, 0.3) is 0 Å². The van der Waals surface area contributed by atoms with Crippen LogP contribution >= 0.6 is 0 Å². The molecule has 4 aromatic rings. The highest BCUT2D eigenvalue weighted by Crippen LogP contribution is 2.49. The van der Waals surface area contributed by atoms with Gasteiger partial charge in [0, 0.05) is 47.4 Å². The van der Waals surface area contributed by atoms with E-state index in [4.69, 9.17) is 4.74 Å². The standard InChI is InChI=1S/C29H31N3O/c1-4-16-32(17-5-2)22-14-15-25-27(18-22)33-28-19-26(30-21-12-10-20(3)11-13-21)23-8-6-7-9-24(23)29(28)31-25/h6-15,18-19,30-31H,4-5,16-17H2,1-3H3. The van der Waals surface area contributed by atoms with E-state index < -0.39 is 0 Å². The number of fused-ring (bicyclic) bond motifs is 4. The van der Waals surface area contributed by atoms with Crippen LogP contribution in [0.3, 0.4) is 0 Å². The summed E-state index contributed by atoms with van der Waals surface area (Å²) in [6.07, 6.45) is 2.25. The van der Waals surface area contributed by atoms with Crippen LogP contribution in [0.4, 0.5) is 28.4 Å². The summed E-state index contributed by atoms with van der Waals surface area (Å²) in [5.74, 6) is 1.71. The van der Waals surface area contributed by atoms with Crippen molar-refractivity contribution in [1.29, 1.82) is 0 Å². The molecule has 2 N–H and O–H groups in total. The minimum absolute atomic E-state index is 0.838. The third-order valence-corrected chi connectivity index (χ3v) is 6.14. The molecule has 0 aliphatic carbocycles. The van der Waals surface area contributed by atoms with Crippen molar-refractivity contribution in [2.45, 2.75) is 33.6 Å². The van der Waals surface area contributed by atoms with Crippen LogP contribution in [-0.2, 0) is 0 Å². The smallest absolute Gasteiger partial charge is 0.153 e. The second-order valence-corrected chi connectivity index (χ2v) is 8.73. The number of benzene rings is 4. The molecule has 1 aliphatic heterocycles. The van der Waals surface area contributed by atoms with Gasteiger partial charge in [-0.3, -0.25) is 0 Å². The number of hydrogen-bond donors (Lipinski definition) is 2. The molecule has 168 valence electrons. The number of ether oxygens (including phenoxy) is 1. The lowest BCUT2D eigenvalue weighted by atomic mass is 10.0. The first-order valence-electron chi connectivity index (χ1n) is 11.9. The minimum atomic E-state index is 0.838. The zero-order valence-corrected chi connectivity index (χ0v) is 19.6. The lowest BCUT2D eigenvalue weighted by molar-refractivity contribution is 0.482. The molecular weight excluding hydrogens is 406 g/mol. The van der Waals surface area contributed by atoms with Crippen molar-refractivity contribution >= 4 is 39.2 Å². The number of aryl methyl sites for hydroxylation is 1. The largest absolute Gasteiger partial charge is 0.453 e. The van der Waals surface area contributed by atoms with Gasteiger partial charge < -0.3 is 20.3 Å². The molecule has 0 spiro atoms. The lowest BCUT2D eigenvalue weighted by Crippen LogP contribution is -2.24. The fourth-order valence-corrected chi connectivity index (χ4v) is 4.51. The van der Waals surface area contributed by atoms with Crippen LogP contribution in [0.2, 0.25) is 0 Å². The van der Waals surface area contributed by atoms with Crippen LogP contribution in [0, 0.1) is 6.92 Å². The number of rotatable bonds is 7. The molecule has 1 heterocycles. The van der Waals surface area contributed by atoms with Crippen LogP contribution in [0.25, 0.3) is 10.8 Å². The monoisotopic (exact) mass is 437 g/mol. The van der Waals surface area contributed by atoms with Crippen LogP contribution < -0.4 is 20.3 Å². The van der Waals surface area contributed by atoms with Gasteiger partial charge in [0.2, 0.25) is 0 Å². The molecule has 0 fully saturated rings. The molecule has 0 amide bonds. The van der Waals surface area contributed by atoms with Crippen molar-refractivity contribution in [2.24, 2.45) is 0 Å². The number of hydrogen-bond acceptors (Lipinski definition) is 4. The summed E-state index contributed by atoms with van der Waals surface area (Å²) in [6.45, 7) is 8.65. The van der Waals surface area contributed by atoms with Crippen molar-refractivity contribution in [3.63, 3.8) is 0 Å². The maximum absolute atomic E-state index is 6.50. The molecule has 4 nitrogen and oxygen atoms in total. The van der Waals surface area contributed by atoms with Gasteiger partial charge in [-0.1, -0.05) is 55.8 Å². The van der Waals surface area contributed by atoms with E-state index in [0.717, 1.165) is 71.0 Å². The molecule has 0 saturated carbocycles. The molecule has 0 radical (unpaired) electrons. The van der Waals surface area contributed by atoms with E-state index in [1.807, 2.05) is 0 Å². The van der Waals surface area contributed by atoms with Gasteiger partial charge in [-0.15, -0.1) is 0 Å². The molecule has 5 rings (SSSR count). The molecule has 4 aromatic carbocycles. The van der Waals surface area contributed by atoms with E-state index in [9.17, 15) is 0 Å². The first-order valence-corrected chi connectivity index (χ1v) is 11.9. The highest BCUT2D eigenvalue weighted by atomic mass is 16.5. The Morgan fingerprint density at radius 2 is 1.55 bits per heavy atom. The van der Waals surface area contributed by atoms with Crippen molar-refractivity contribution in [3.8, 4) is 11.5 Å². The van der Waals surface area contributed by atoms with Crippen LogP contribution in [0.5, 0.6) is 11.5 Å². The Kier molecular flexibility index (Phi) is 5.82. The highest BCUT2D eigenvalue weighted by Gasteiger charge is 2.22. The molecule has 0 unspecified atom stereocenters. The zero-order chi connectivity index (χ0) is 22.8. The molecule has 0 saturated heterocycles. The van der Waals surface area contributed by atoms with E-state index >= 15 is 0 Å². The van der Waals surface area contributed by atoms with Gasteiger partial charge >= 0.3 is 0 Å². The van der Waals surface area contributed by atoms with Crippen molar-refractivity contribution in [1.82, 2.24) is 0 Å². The third-order valence-electron chi connectivity index (χ3n) is 6.14. The van der Waals surface area contributed by atoms with Gasteiger partial charge in [0.05, 0.1) is 17.1 Å². The summed E-state index contributed by atoms with van der Waals surface area (Å²) in [7, 11) is 0. The van der Waals surface area contributed by atoms with E-state index in [2.05, 4.69) is 109 Å². The topological polar surface area (TPSA) is 36.5 Å².